The molecule has 1 heterocycles. The third-order valence-corrected chi connectivity index (χ3v) is 6.06. The van der Waals surface area contributed by atoms with Gasteiger partial charge in [-0.15, -0.1) is 11.3 Å². The molecule has 1 N–H and O–H groups in total. The topological polar surface area (TPSA) is 59.1 Å². The Morgan fingerprint density at radius 2 is 1.72 bits per heavy atom. The van der Waals surface area contributed by atoms with Gasteiger partial charge in [-0.3, -0.25) is 9.59 Å². The van der Waals surface area contributed by atoms with Crippen molar-refractivity contribution in [2.75, 3.05) is 17.3 Å². The third kappa shape index (κ3) is 6.27. The smallest absolute Gasteiger partial charge is 0.229 e. The van der Waals surface area contributed by atoms with Gasteiger partial charge in [-0.1, -0.05) is 60.7 Å². The van der Waals surface area contributed by atoms with Gasteiger partial charge in [0.25, 0.3) is 0 Å². The first-order valence-electron chi connectivity index (χ1n) is 9.56. The van der Waals surface area contributed by atoms with Gasteiger partial charge in [0.05, 0.1) is 5.69 Å². The van der Waals surface area contributed by atoms with E-state index in [0.717, 1.165) is 23.4 Å². The van der Waals surface area contributed by atoms with Gasteiger partial charge in [0.1, 0.15) is 0 Å². The number of nitrogens with one attached hydrogen (secondary N) is 1. The number of nitrogens with zero attached hydrogens (tertiary/aromatic N) is 1. The fraction of sp³-hybridized carbons (Fsp3) is 0.261. The van der Waals surface area contributed by atoms with Crippen LogP contribution in [0.4, 0.5) is 5.13 Å². The summed E-state index contributed by atoms with van der Waals surface area (Å²) in [4.78, 5) is 29.8. The Labute approximate surface area is 179 Å². The van der Waals surface area contributed by atoms with Crippen molar-refractivity contribution < 1.29 is 9.59 Å². The van der Waals surface area contributed by atoms with Gasteiger partial charge in [-0.2, -0.15) is 11.8 Å². The fourth-order valence-electron chi connectivity index (χ4n) is 3.02. The number of carbonyl (C=O) groups excluding carboxylic acids is 2. The van der Waals surface area contributed by atoms with Crippen molar-refractivity contribution in [3.63, 3.8) is 0 Å². The van der Waals surface area contributed by atoms with Gasteiger partial charge in [0.15, 0.2) is 10.9 Å². The molecule has 6 heteroatoms. The molecule has 0 fully saturated rings. The Morgan fingerprint density at radius 3 is 2.41 bits per heavy atom. The number of anilines is 1. The van der Waals surface area contributed by atoms with E-state index < -0.39 is 0 Å². The number of hydrogen-bond acceptors (Lipinski definition) is 5. The Balaban J connectivity index is 1.61. The predicted molar refractivity (Wildman–Crippen MR) is 123 cm³/mol. The molecule has 2 aromatic carbocycles. The van der Waals surface area contributed by atoms with Gasteiger partial charge < -0.3 is 5.32 Å². The normalized spacial score (nSPS) is 11.8. The van der Waals surface area contributed by atoms with E-state index in [9.17, 15) is 9.59 Å². The molecule has 0 saturated heterocycles. The van der Waals surface area contributed by atoms with Crippen LogP contribution in [0, 0.1) is 5.92 Å². The molecule has 0 radical (unpaired) electrons. The summed E-state index contributed by atoms with van der Waals surface area (Å²) in [7, 11) is 0. The zero-order valence-corrected chi connectivity index (χ0v) is 18.0. The van der Waals surface area contributed by atoms with Crippen LogP contribution in [0.5, 0.6) is 0 Å². The second kappa shape index (κ2) is 10.9. The summed E-state index contributed by atoms with van der Waals surface area (Å²) in [6, 6.07) is 19.1. The minimum absolute atomic E-state index is 0.0612. The molecule has 3 aromatic rings. The van der Waals surface area contributed by atoms with Crippen LogP contribution in [-0.4, -0.2) is 28.7 Å². The van der Waals surface area contributed by atoms with Gasteiger partial charge in [0, 0.05) is 28.8 Å². The lowest BCUT2D eigenvalue weighted by molar-refractivity contribution is -0.120. The minimum Gasteiger partial charge on any atom is -0.302 e. The number of aromatic nitrogens is 1. The molecule has 0 saturated carbocycles. The molecule has 3 rings (SSSR count). The lowest BCUT2D eigenvalue weighted by Gasteiger charge is -2.15. The fourth-order valence-corrected chi connectivity index (χ4v) is 4.26. The van der Waals surface area contributed by atoms with Gasteiger partial charge in [0.2, 0.25) is 5.91 Å². The molecule has 0 spiro atoms. The maximum atomic E-state index is 12.8. The number of Topliss-reactive ketones (excluding diaryl/α,β-unsaturated/α-hetero) is 1. The maximum Gasteiger partial charge on any atom is 0.229 e. The van der Waals surface area contributed by atoms with Crippen LogP contribution in [0.25, 0.3) is 11.3 Å². The van der Waals surface area contributed by atoms with E-state index in [0.29, 0.717) is 23.5 Å². The first kappa shape index (κ1) is 21.3. The number of benzene rings is 2. The van der Waals surface area contributed by atoms with E-state index in [2.05, 4.69) is 10.3 Å². The van der Waals surface area contributed by atoms with Crippen LogP contribution in [0.2, 0.25) is 0 Å². The molecular weight excluding hydrogens is 400 g/mol. The maximum absolute atomic E-state index is 12.8. The van der Waals surface area contributed by atoms with Gasteiger partial charge in [-0.25, -0.2) is 4.98 Å². The lowest BCUT2D eigenvalue weighted by atomic mass is 9.96. The lowest BCUT2D eigenvalue weighted by Crippen LogP contribution is -2.24. The van der Waals surface area contributed by atoms with E-state index in [1.165, 1.54) is 11.3 Å². The highest BCUT2D eigenvalue weighted by molar-refractivity contribution is 7.98. The van der Waals surface area contributed by atoms with Gasteiger partial charge >= 0.3 is 0 Å². The largest absolute Gasteiger partial charge is 0.302 e. The molecule has 0 unspecified atom stereocenters. The zero-order valence-electron chi connectivity index (χ0n) is 16.3. The molecule has 0 aliphatic carbocycles. The number of thioether (sulfide) groups is 1. The number of rotatable bonds is 10. The summed E-state index contributed by atoms with van der Waals surface area (Å²) in [6.07, 6.45) is 3.67. The first-order valence-corrected chi connectivity index (χ1v) is 11.8. The van der Waals surface area contributed by atoms with E-state index in [-0.39, 0.29) is 17.6 Å². The number of ketones is 1. The van der Waals surface area contributed by atoms with E-state index in [4.69, 9.17) is 0 Å². The predicted octanol–water partition coefficient (Wildman–Crippen LogP) is 5.78. The van der Waals surface area contributed by atoms with Crippen LogP contribution in [0.1, 0.15) is 29.6 Å². The molecule has 0 bridgehead atoms. The molecule has 29 heavy (non-hydrogen) atoms. The van der Waals surface area contributed by atoms with Crippen molar-refractivity contribution in [2.45, 2.75) is 19.3 Å². The van der Waals surface area contributed by atoms with Crippen molar-refractivity contribution >= 4 is 39.9 Å². The summed E-state index contributed by atoms with van der Waals surface area (Å²) in [5.74, 6) is 0.686. The Morgan fingerprint density at radius 1 is 1.03 bits per heavy atom. The minimum atomic E-state index is -0.209. The van der Waals surface area contributed by atoms with Crippen LogP contribution in [0.15, 0.2) is 66.0 Å². The van der Waals surface area contributed by atoms with E-state index in [1.807, 2.05) is 72.3 Å². The average molecular weight is 425 g/mol. The highest BCUT2D eigenvalue weighted by atomic mass is 32.2. The second-order valence-electron chi connectivity index (χ2n) is 6.70. The second-order valence-corrected chi connectivity index (χ2v) is 8.54. The molecule has 0 aliphatic heterocycles. The van der Waals surface area contributed by atoms with Crippen molar-refractivity contribution in [2.24, 2.45) is 5.92 Å². The Kier molecular flexibility index (Phi) is 8.02. The van der Waals surface area contributed by atoms with Crippen LogP contribution in [0.3, 0.4) is 0 Å². The molecule has 1 amide bonds. The SMILES string of the molecule is CSCC[C@H](CCC(=O)c1ccccc1)C(=O)Nc1nc(-c2ccccc2)cs1. The van der Waals surface area contributed by atoms with Crippen molar-refractivity contribution in [3.05, 3.63) is 71.6 Å². The molecule has 4 nitrogen and oxygen atoms in total. The number of amides is 1. The van der Waals surface area contributed by atoms with E-state index in [1.54, 1.807) is 11.8 Å². The van der Waals surface area contributed by atoms with Crippen molar-refractivity contribution in [3.8, 4) is 11.3 Å². The van der Waals surface area contributed by atoms with Crippen molar-refractivity contribution in [1.82, 2.24) is 4.98 Å². The zero-order chi connectivity index (χ0) is 20.5. The summed E-state index contributed by atoms with van der Waals surface area (Å²) >= 11 is 3.13. The number of carbonyl (C=O) groups is 2. The Bertz CT molecular complexity index is 926. The highest BCUT2D eigenvalue weighted by Crippen LogP contribution is 2.26. The average Bonchev–Trinajstić information content (AvgIpc) is 3.23. The first-order chi connectivity index (χ1) is 14.2. The summed E-state index contributed by atoms with van der Waals surface area (Å²) in [5, 5.41) is 5.49. The van der Waals surface area contributed by atoms with E-state index >= 15 is 0 Å². The van der Waals surface area contributed by atoms with Crippen LogP contribution in [-0.2, 0) is 4.79 Å². The molecule has 1 atom stereocenters. The summed E-state index contributed by atoms with van der Waals surface area (Å²) < 4.78 is 0. The quantitative estimate of drug-likeness (QED) is 0.419. The Hall–Kier alpha value is -2.44. The molecule has 150 valence electrons. The van der Waals surface area contributed by atoms with Crippen molar-refractivity contribution in [1.29, 1.82) is 0 Å². The summed E-state index contributed by atoms with van der Waals surface area (Å²) in [5.41, 5.74) is 2.58. The summed E-state index contributed by atoms with van der Waals surface area (Å²) in [6.45, 7) is 0. The monoisotopic (exact) mass is 424 g/mol. The number of thiazole rings is 1. The molecule has 0 aliphatic rings. The third-order valence-electron chi connectivity index (χ3n) is 4.66. The van der Waals surface area contributed by atoms with Crippen LogP contribution >= 0.6 is 23.1 Å². The van der Waals surface area contributed by atoms with Gasteiger partial charge in [-0.05, 0) is 24.9 Å². The number of hydrogen-bond donors (Lipinski definition) is 1. The molecule has 1 aromatic heterocycles. The highest BCUT2D eigenvalue weighted by Gasteiger charge is 2.21. The van der Waals surface area contributed by atoms with Crippen LogP contribution < -0.4 is 5.32 Å². The molecular formula is C23H24N2O2S2. The standard InChI is InChI=1S/C23H24N2O2S2/c1-28-15-14-19(12-13-21(26)18-10-6-3-7-11-18)22(27)25-23-24-20(16-29-23)17-8-4-2-5-9-17/h2-11,16,19H,12-15H2,1H3,(H,24,25,27)/t19-/m0/s1.